The summed E-state index contributed by atoms with van der Waals surface area (Å²) in [5, 5.41) is 3.50. The van der Waals surface area contributed by atoms with Crippen LogP contribution in [0.4, 0.5) is 5.69 Å². The van der Waals surface area contributed by atoms with E-state index >= 15 is 0 Å². The SMILES string of the molecule is Cc1ccc(S(=O)(=O)N(CC(=O)NC2CCCCCCC2)c2cc(Cl)ccc2C)cc1. The number of carbonyl (C=O) groups excluding carboxylic acids is 1. The number of aryl methyl sites for hydroxylation is 2. The van der Waals surface area contributed by atoms with Crippen molar-refractivity contribution in [2.24, 2.45) is 0 Å². The third-order valence-corrected chi connectivity index (χ3v) is 7.82. The van der Waals surface area contributed by atoms with Crippen molar-refractivity contribution in [1.29, 1.82) is 0 Å². The lowest BCUT2D eigenvalue weighted by Crippen LogP contribution is -2.44. The Bertz CT molecular complexity index is 998. The Morgan fingerprint density at radius 1 is 1.00 bits per heavy atom. The van der Waals surface area contributed by atoms with Crippen molar-refractivity contribution in [3.63, 3.8) is 0 Å². The van der Waals surface area contributed by atoms with Crippen LogP contribution >= 0.6 is 11.6 Å². The molecule has 1 saturated carbocycles. The summed E-state index contributed by atoms with van der Waals surface area (Å²) >= 11 is 6.18. The van der Waals surface area contributed by atoms with Crippen molar-refractivity contribution in [3.05, 3.63) is 58.6 Å². The molecule has 2 aromatic rings. The van der Waals surface area contributed by atoms with Crippen LogP contribution in [0.2, 0.25) is 5.02 Å². The fourth-order valence-electron chi connectivity index (χ4n) is 3.99. The predicted octanol–water partition coefficient (Wildman–Crippen LogP) is 5.38. The zero-order valence-electron chi connectivity index (χ0n) is 18.2. The Hall–Kier alpha value is -2.05. The zero-order valence-corrected chi connectivity index (χ0v) is 19.8. The maximum atomic E-state index is 13.5. The van der Waals surface area contributed by atoms with Gasteiger partial charge in [0.15, 0.2) is 0 Å². The Morgan fingerprint density at radius 3 is 2.26 bits per heavy atom. The molecule has 31 heavy (non-hydrogen) atoms. The molecule has 0 unspecified atom stereocenters. The Balaban J connectivity index is 1.89. The van der Waals surface area contributed by atoms with Crippen molar-refractivity contribution in [2.45, 2.75) is 69.7 Å². The van der Waals surface area contributed by atoms with Crippen LogP contribution in [0.15, 0.2) is 47.4 Å². The molecule has 0 aliphatic heterocycles. The molecule has 0 radical (unpaired) electrons. The van der Waals surface area contributed by atoms with Gasteiger partial charge in [-0.1, -0.05) is 67.5 Å². The normalized spacial score (nSPS) is 15.7. The van der Waals surface area contributed by atoms with Crippen LogP contribution in [-0.4, -0.2) is 26.9 Å². The van der Waals surface area contributed by atoms with Crippen molar-refractivity contribution in [3.8, 4) is 0 Å². The minimum atomic E-state index is -3.95. The maximum Gasteiger partial charge on any atom is 0.264 e. The van der Waals surface area contributed by atoms with Crippen LogP contribution in [0, 0.1) is 13.8 Å². The molecule has 1 amide bonds. The van der Waals surface area contributed by atoms with Gasteiger partial charge in [-0.3, -0.25) is 9.10 Å². The van der Waals surface area contributed by atoms with Crippen LogP contribution < -0.4 is 9.62 Å². The monoisotopic (exact) mass is 462 g/mol. The van der Waals surface area contributed by atoms with Crippen molar-refractivity contribution < 1.29 is 13.2 Å². The van der Waals surface area contributed by atoms with E-state index in [-0.39, 0.29) is 23.4 Å². The van der Waals surface area contributed by atoms with Gasteiger partial charge in [-0.2, -0.15) is 0 Å². The molecule has 0 atom stereocenters. The van der Waals surface area contributed by atoms with E-state index in [1.807, 2.05) is 13.8 Å². The quantitative estimate of drug-likeness (QED) is 0.626. The zero-order chi connectivity index (χ0) is 22.4. The lowest BCUT2D eigenvalue weighted by atomic mass is 9.97. The molecule has 1 N–H and O–H groups in total. The molecule has 7 heteroatoms. The lowest BCUT2D eigenvalue weighted by Gasteiger charge is -2.27. The first-order chi connectivity index (χ1) is 14.8. The summed E-state index contributed by atoms with van der Waals surface area (Å²) in [6, 6.07) is 11.8. The molecule has 0 aromatic heterocycles. The number of hydrogen-bond acceptors (Lipinski definition) is 3. The van der Waals surface area contributed by atoms with Gasteiger partial charge in [0, 0.05) is 11.1 Å². The summed E-state index contributed by atoms with van der Waals surface area (Å²) in [6.45, 7) is 3.43. The smallest absolute Gasteiger partial charge is 0.264 e. The van der Waals surface area contributed by atoms with Crippen LogP contribution in [-0.2, 0) is 14.8 Å². The summed E-state index contributed by atoms with van der Waals surface area (Å²) in [7, 11) is -3.95. The fourth-order valence-corrected chi connectivity index (χ4v) is 5.64. The van der Waals surface area contributed by atoms with Crippen LogP contribution in [0.3, 0.4) is 0 Å². The van der Waals surface area contributed by atoms with Crippen molar-refractivity contribution >= 4 is 33.2 Å². The predicted molar refractivity (Wildman–Crippen MR) is 126 cm³/mol. The molecule has 3 rings (SSSR count). The molecular formula is C24H31ClN2O3S. The number of halogens is 1. The Morgan fingerprint density at radius 2 is 1.61 bits per heavy atom. The number of hydrogen-bond donors (Lipinski definition) is 1. The van der Waals surface area contributed by atoms with E-state index in [1.54, 1.807) is 42.5 Å². The second-order valence-corrected chi connectivity index (χ2v) is 10.7. The Labute approximate surface area is 190 Å². The average molecular weight is 463 g/mol. The lowest BCUT2D eigenvalue weighted by molar-refractivity contribution is -0.120. The number of amides is 1. The molecule has 0 spiro atoms. The Kier molecular flexibility index (Phi) is 8.00. The molecule has 1 fully saturated rings. The molecule has 5 nitrogen and oxygen atoms in total. The molecule has 1 aliphatic carbocycles. The van der Waals surface area contributed by atoms with E-state index in [4.69, 9.17) is 11.6 Å². The molecule has 168 valence electrons. The highest BCUT2D eigenvalue weighted by Gasteiger charge is 2.29. The van der Waals surface area contributed by atoms with Gasteiger partial charge in [0.25, 0.3) is 10.0 Å². The van der Waals surface area contributed by atoms with Gasteiger partial charge in [-0.25, -0.2) is 8.42 Å². The molecule has 0 heterocycles. The van der Waals surface area contributed by atoms with E-state index in [1.165, 1.54) is 23.6 Å². The number of nitrogens with one attached hydrogen (secondary N) is 1. The highest BCUT2D eigenvalue weighted by Crippen LogP contribution is 2.29. The molecular weight excluding hydrogens is 432 g/mol. The molecule has 0 bridgehead atoms. The molecule has 2 aromatic carbocycles. The van der Waals surface area contributed by atoms with E-state index in [2.05, 4.69) is 5.32 Å². The first-order valence-electron chi connectivity index (χ1n) is 10.9. The van der Waals surface area contributed by atoms with Crippen molar-refractivity contribution in [1.82, 2.24) is 5.32 Å². The highest BCUT2D eigenvalue weighted by atomic mass is 35.5. The van der Waals surface area contributed by atoms with E-state index in [0.717, 1.165) is 36.8 Å². The second kappa shape index (κ2) is 10.5. The topological polar surface area (TPSA) is 66.5 Å². The van der Waals surface area contributed by atoms with Crippen molar-refractivity contribution in [2.75, 3.05) is 10.8 Å². The number of benzene rings is 2. The van der Waals surface area contributed by atoms with E-state index in [0.29, 0.717) is 10.7 Å². The molecule has 0 saturated heterocycles. The third-order valence-electron chi connectivity index (χ3n) is 5.81. The number of sulfonamides is 1. The largest absolute Gasteiger partial charge is 0.352 e. The minimum absolute atomic E-state index is 0.0946. The van der Waals surface area contributed by atoms with E-state index in [9.17, 15) is 13.2 Å². The summed E-state index contributed by atoms with van der Waals surface area (Å²) in [4.78, 5) is 13.1. The third kappa shape index (κ3) is 6.23. The minimum Gasteiger partial charge on any atom is -0.352 e. The van der Waals surface area contributed by atoms with Crippen LogP contribution in [0.1, 0.15) is 56.1 Å². The summed E-state index contributed by atoms with van der Waals surface area (Å²) in [5.41, 5.74) is 2.12. The van der Waals surface area contributed by atoms with Crippen LogP contribution in [0.25, 0.3) is 0 Å². The van der Waals surface area contributed by atoms with Gasteiger partial charge in [0.05, 0.1) is 10.6 Å². The summed E-state index contributed by atoms with van der Waals surface area (Å²) in [6.07, 6.45) is 7.66. The fraction of sp³-hybridized carbons (Fsp3) is 0.458. The van der Waals surface area contributed by atoms with E-state index < -0.39 is 10.0 Å². The highest BCUT2D eigenvalue weighted by molar-refractivity contribution is 7.92. The van der Waals surface area contributed by atoms with Gasteiger partial charge < -0.3 is 5.32 Å². The number of nitrogens with zero attached hydrogens (tertiary/aromatic N) is 1. The van der Waals surface area contributed by atoms with Gasteiger partial charge >= 0.3 is 0 Å². The first kappa shape index (κ1) is 23.6. The standard InChI is InChI=1S/C24H31ClN2O3S/c1-18-10-14-22(15-11-18)31(29,30)27(23-16-20(25)13-12-19(23)2)17-24(28)26-21-8-6-4-3-5-7-9-21/h10-16,21H,3-9,17H2,1-2H3,(H,26,28). The summed E-state index contributed by atoms with van der Waals surface area (Å²) < 4.78 is 28.3. The van der Waals surface area contributed by atoms with Gasteiger partial charge in [0.2, 0.25) is 5.91 Å². The maximum absolute atomic E-state index is 13.5. The second-order valence-electron chi connectivity index (χ2n) is 8.37. The number of carbonyl (C=O) groups is 1. The number of rotatable bonds is 6. The first-order valence-corrected chi connectivity index (χ1v) is 12.7. The van der Waals surface area contributed by atoms with Gasteiger partial charge in [0.1, 0.15) is 6.54 Å². The van der Waals surface area contributed by atoms with Crippen LogP contribution in [0.5, 0.6) is 0 Å². The summed E-state index contributed by atoms with van der Waals surface area (Å²) in [5.74, 6) is -0.291. The number of anilines is 1. The van der Waals surface area contributed by atoms with Gasteiger partial charge in [-0.15, -0.1) is 0 Å². The van der Waals surface area contributed by atoms with Gasteiger partial charge in [-0.05, 0) is 56.5 Å². The molecule has 1 aliphatic rings. The average Bonchev–Trinajstić information content (AvgIpc) is 2.70.